The summed E-state index contributed by atoms with van der Waals surface area (Å²) in [6.07, 6.45) is -2.44. The zero-order chi connectivity index (χ0) is 28.4. The van der Waals surface area contributed by atoms with Crippen LogP contribution in [0, 0.1) is 5.82 Å². The van der Waals surface area contributed by atoms with Crippen molar-refractivity contribution in [2.24, 2.45) is 0 Å². The Morgan fingerprint density at radius 1 is 0.950 bits per heavy atom. The highest BCUT2D eigenvalue weighted by atomic mass is 19.4. The van der Waals surface area contributed by atoms with Crippen molar-refractivity contribution in [2.45, 2.75) is 24.9 Å². The number of amides is 1. The van der Waals surface area contributed by atoms with Gasteiger partial charge < -0.3 is 9.64 Å². The lowest BCUT2D eigenvalue weighted by atomic mass is 9.88. The molecule has 1 saturated heterocycles. The second kappa shape index (κ2) is 10.9. The van der Waals surface area contributed by atoms with Gasteiger partial charge in [0.25, 0.3) is 0 Å². The molecular formula is C29H24F4N4O3. The Hall–Kier alpha value is -4.54. The molecule has 0 radical (unpaired) electrons. The van der Waals surface area contributed by atoms with Crippen LogP contribution in [-0.4, -0.2) is 58.1 Å². The number of hydrogen-bond acceptors (Lipinski definition) is 5. The topological polar surface area (TPSA) is 77.3 Å². The quantitative estimate of drug-likeness (QED) is 0.231. The number of piperidine rings is 1. The number of carbonyl (C=O) groups excluding carboxylic acids is 2. The van der Waals surface area contributed by atoms with Crippen LogP contribution in [-0.2, 0) is 9.53 Å². The van der Waals surface area contributed by atoms with Gasteiger partial charge in [0, 0.05) is 18.7 Å². The van der Waals surface area contributed by atoms with Gasteiger partial charge in [-0.05, 0) is 65.8 Å². The molecule has 1 aliphatic heterocycles. The zero-order valence-corrected chi connectivity index (χ0v) is 21.4. The smallest absolute Gasteiger partial charge is 0.465 e. The highest BCUT2D eigenvalue weighted by Gasteiger charge is 2.43. The number of ether oxygens (including phenoxy) is 1. The summed E-state index contributed by atoms with van der Waals surface area (Å²) in [4.78, 5) is 24.8. The van der Waals surface area contributed by atoms with Crippen molar-refractivity contribution in [3.63, 3.8) is 0 Å². The molecule has 0 unspecified atom stereocenters. The van der Waals surface area contributed by atoms with Crippen molar-refractivity contribution in [2.75, 3.05) is 20.2 Å². The Bertz CT molecular complexity index is 1540. The van der Waals surface area contributed by atoms with Crippen molar-refractivity contribution in [3.8, 4) is 28.1 Å². The van der Waals surface area contributed by atoms with Crippen molar-refractivity contribution >= 4 is 11.9 Å². The van der Waals surface area contributed by atoms with Crippen LogP contribution >= 0.6 is 0 Å². The molecule has 11 heteroatoms. The maximum absolute atomic E-state index is 14.3. The fourth-order valence-corrected chi connectivity index (χ4v) is 4.87. The SMILES string of the molecule is COC(=O)c1cc(-c2ccc(C3CCN(C(=O)C(F)(F)F)CC3)cc2)cc(-n2cc(-c3ccccc3F)nn2)c1. The molecule has 1 aliphatic rings. The summed E-state index contributed by atoms with van der Waals surface area (Å²) in [6, 6.07) is 18.8. The molecular weight excluding hydrogens is 528 g/mol. The third-order valence-corrected chi connectivity index (χ3v) is 6.99. The van der Waals surface area contributed by atoms with E-state index in [0.29, 0.717) is 35.3 Å². The summed E-state index contributed by atoms with van der Waals surface area (Å²) in [6.45, 7) is 0.0874. The van der Waals surface area contributed by atoms with Crippen molar-refractivity contribution < 1.29 is 31.9 Å². The Kier molecular flexibility index (Phi) is 7.38. The average Bonchev–Trinajstić information content (AvgIpc) is 3.46. The normalized spacial score (nSPS) is 14.3. The second-order valence-corrected chi connectivity index (χ2v) is 9.47. The minimum Gasteiger partial charge on any atom is -0.465 e. The van der Waals surface area contributed by atoms with Crippen LogP contribution in [0.2, 0.25) is 0 Å². The maximum atomic E-state index is 14.3. The van der Waals surface area contributed by atoms with E-state index in [1.54, 1.807) is 36.5 Å². The molecule has 1 fully saturated rings. The first-order chi connectivity index (χ1) is 19.1. The molecule has 0 atom stereocenters. The lowest BCUT2D eigenvalue weighted by molar-refractivity contribution is -0.186. The third kappa shape index (κ3) is 5.58. The van der Waals surface area contributed by atoms with Gasteiger partial charge in [-0.1, -0.05) is 41.6 Å². The van der Waals surface area contributed by atoms with Gasteiger partial charge in [-0.3, -0.25) is 4.79 Å². The van der Waals surface area contributed by atoms with Gasteiger partial charge in [-0.2, -0.15) is 13.2 Å². The number of carbonyl (C=O) groups is 2. The Labute approximate surface area is 227 Å². The second-order valence-electron chi connectivity index (χ2n) is 9.47. The molecule has 2 heterocycles. The number of halogens is 4. The standard InChI is InChI=1S/C29H24F4N4O3/c1-40-27(38)22-14-21(15-23(16-22)37-17-26(34-35-37)24-4-2-3-5-25(24)30)19-8-6-18(7-9-19)20-10-12-36(13-11-20)28(39)29(31,32)33/h2-9,14-17,20H,10-13H2,1H3. The highest BCUT2D eigenvalue weighted by molar-refractivity contribution is 5.92. The Balaban J connectivity index is 1.39. The largest absolute Gasteiger partial charge is 0.471 e. The molecule has 0 spiro atoms. The number of benzene rings is 3. The highest BCUT2D eigenvalue weighted by Crippen LogP contribution is 2.32. The van der Waals surface area contributed by atoms with Crippen LogP contribution < -0.4 is 0 Å². The molecule has 0 bridgehead atoms. The van der Waals surface area contributed by atoms with Gasteiger partial charge in [0.2, 0.25) is 0 Å². The molecule has 1 aromatic heterocycles. The Morgan fingerprint density at radius 3 is 2.30 bits per heavy atom. The first-order valence-corrected chi connectivity index (χ1v) is 12.5. The van der Waals surface area contributed by atoms with Crippen LogP contribution in [0.25, 0.3) is 28.1 Å². The van der Waals surface area contributed by atoms with E-state index >= 15 is 0 Å². The van der Waals surface area contributed by atoms with Crippen LogP contribution in [0.3, 0.4) is 0 Å². The number of alkyl halides is 3. The number of aromatic nitrogens is 3. The van der Waals surface area contributed by atoms with Crippen LogP contribution in [0.15, 0.2) is 72.9 Å². The number of hydrogen-bond donors (Lipinski definition) is 0. The molecule has 40 heavy (non-hydrogen) atoms. The van der Waals surface area contributed by atoms with E-state index in [4.69, 9.17) is 4.74 Å². The molecule has 0 aliphatic carbocycles. The monoisotopic (exact) mass is 552 g/mol. The van der Waals surface area contributed by atoms with Crippen LogP contribution in [0.4, 0.5) is 17.6 Å². The van der Waals surface area contributed by atoms with Gasteiger partial charge in [-0.15, -0.1) is 5.10 Å². The van der Waals surface area contributed by atoms with E-state index in [-0.39, 0.29) is 24.6 Å². The van der Waals surface area contributed by atoms with Crippen molar-refractivity contribution in [1.29, 1.82) is 0 Å². The summed E-state index contributed by atoms with van der Waals surface area (Å²) in [7, 11) is 1.28. The van der Waals surface area contributed by atoms with E-state index in [2.05, 4.69) is 10.3 Å². The lowest BCUT2D eigenvalue weighted by Gasteiger charge is -2.32. The van der Waals surface area contributed by atoms with E-state index in [1.807, 2.05) is 30.3 Å². The van der Waals surface area contributed by atoms with Crippen LogP contribution in [0.1, 0.15) is 34.7 Å². The lowest BCUT2D eigenvalue weighted by Crippen LogP contribution is -2.45. The predicted molar refractivity (Wildman–Crippen MR) is 138 cm³/mol. The Morgan fingerprint density at radius 2 is 1.65 bits per heavy atom. The molecule has 206 valence electrons. The van der Waals surface area contributed by atoms with Gasteiger partial charge in [0.15, 0.2) is 0 Å². The summed E-state index contributed by atoms with van der Waals surface area (Å²) in [5.74, 6) is -2.75. The molecule has 4 aromatic rings. The van der Waals surface area contributed by atoms with Gasteiger partial charge in [-0.25, -0.2) is 13.9 Å². The molecule has 3 aromatic carbocycles. The molecule has 5 rings (SSSR count). The number of rotatable bonds is 5. The van der Waals surface area contributed by atoms with E-state index in [0.717, 1.165) is 16.0 Å². The first-order valence-electron chi connectivity index (χ1n) is 12.5. The number of esters is 1. The maximum Gasteiger partial charge on any atom is 0.471 e. The zero-order valence-electron chi connectivity index (χ0n) is 21.4. The summed E-state index contributed by atoms with van der Waals surface area (Å²) in [5.41, 5.74) is 3.85. The van der Waals surface area contributed by atoms with Gasteiger partial charge in [0.05, 0.1) is 24.6 Å². The molecule has 1 amide bonds. The fraction of sp³-hybridized carbons (Fsp3) is 0.241. The average molecular weight is 553 g/mol. The number of nitrogens with zero attached hydrogens (tertiary/aromatic N) is 4. The van der Waals surface area contributed by atoms with E-state index < -0.39 is 23.9 Å². The van der Waals surface area contributed by atoms with Crippen LogP contribution in [0.5, 0.6) is 0 Å². The number of likely N-dealkylation sites (tertiary alicyclic amines) is 1. The molecule has 7 nitrogen and oxygen atoms in total. The third-order valence-electron chi connectivity index (χ3n) is 6.99. The minimum absolute atomic E-state index is 0.0234. The minimum atomic E-state index is -4.86. The predicted octanol–water partition coefficient (Wildman–Crippen LogP) is 5.80. The fourth-order valence-electron chi connectivity index (χ4n) is 4.87. The molecule has 0 N–H and O–H groups in total. The number of methoxy groups -OCH3 is 1. The van der Waals surface area contributed by atoms with Crippen molar-refractivity contribution in [1.82, 2.24) is 19.9 Å². The van der Waals surface area contributed by atoms with E-state index in [1.165, 1.54) is 17.9 Å². The van der Waals surface area contributed by atoms with Crippen molar-refractivity contribution in [3.05, 3.63) is 89.9 Å². The van der Waals surface area contributed by atoms with Gasteiger partial charge >= 0.3 is 18.1 Å². The summed E-state index contributed by atoms with van der Waals surface area (Å²) >= 11 is 0. The summed E-state index contributed by atoms with van der Waals surface area (Å²) < 4.78 is 58.9. The molecule has 0 saturated carbocycles. The first kappa shape index (κ1) is 27.0. The van der Waals surface area contributed by atoms with E-state index in [9.17, 15) is 27.2 Å². The summed E-state index contributed by atoms with van der Waals surface area (Å²) in [5, 5.41) is 8.21. The van der Waals surface area contributed by atoms with Gasteiger partial charge in [0.1, 0.15) is 11.5 Å².